The van der Waals surface area contributed by atoms with Crippen molar-refractivity contribution in [2.75, 3.05) is 25.6 Å². The Bertz CT molecular complexity index is 161. The van der Waals surface area contributed by atoms with E-state index in [0.29, 0.717) is 24.7 Å². The fraction of sp³-hybridized carbons (Fsp3) is 1.00. The zero-order valence-corrected chi connectivity index (χ0v) is 12.8. The maximum Gasteiger partial charge on any atom is 0.516 e. The highest BCUT2D eigenvalue weighted by atomic mass is 33.5. The topological polar surface area (TPSA) is 27.7 Å². The van der Waals surface area contributed by atoms with E-state index in [0.717, 1.165) is 5.75 Å². The molecule has 1 heterocycles. The Balaban J connectivity index is 2.68. The Kier molecular flexibility index (Phi) is 7.07. The molecule has 1 atom stereocenters. The molecule has 3 nitrogen and oxygen atoms in total. The first kappa shape index (κ1) is 14.2. The molecule has 1 unspecified atom stereocenters. The van der Waals surface area contributed by atoms with Crippen LogP contribution in [0.1, 0.15) is 20.8 Å². The number of rotatable bonds is 7. The van der Waals surface area contributed by atoms with Crippen molar-refractivity contribution in [3.8, 4) is 0 Å². The fourth-order valence-electron chi connectivity index (χ4n) is 1.36. The lowest BCUT2D eigenvalue weighted by Crippen LogP contribution is -2.55. The molecule has 0 bridgehead atoms. The second-order valence-corrected chi connectivity index (χ2v) is 10.4. The molecule has 0 amide bonds. The van der Waals surface area contributed by atoms with Crippen LogP contribution >= 0.6 is 31.4 Å². The molecular formula is C8H18O3S3Si. The van der Waals surface area contributed by atoms with Crippen molar-refractivity contribution in [2.24, 2.45) is 0 Å². The molecule has 0 spiro atoms. The summed E-state index contributed by atoms with van der Waals surface area (Å²) in [6.45, 7) is 7.99. The largest absolute Gasteiger partial charge is 0.516 e. The molecular weight excluding hydrogens is 268 g/mol. The van der Waals surface area contributed by atoms with Crippen molar-refractivity contribution in [2.45, 2.75) is 25.6 Å². The van der Waals surface area contributed by atoms with Crippen molar-refractivity contribution in [1.29, 1.82) is 0 Å². The van der Waals surface area contributed by atoms with Gasteiger partial charge in [-0.2, -0.15) is 0 Å². The Morgan fingerprint density at radius 3 is 1.93 bits per heavy atom. The average molecular weight is 287 g/mol. The Labute approximate surface area is 105 Å². The predicted octanol–water partition coefficient (Wildman–Crippen LogP) is 2.99. The molecule has 0 aliphatic carbocycles. The molecule has 1 aliphatic heterocycles. The van der Waals surface area contributed by atoms with Gasteiger partial charge in [0.1, 0.15) is 0 Å². The first-order valence-electron chi connectivity index (χ1n) is 5.15. The Hall–Kier alpha value is 1.15. The molecule has 0 aromatic rings. The summed E-state index contributed by atoms with van der Waals surface area (Å²) >= 11 is 0. The average Bonchev–Trinajstić information content (AvgIpc) is 2.72. The predicted molar refractivity (Wildman–Crippen MR) is 72.1 cm³/mol. The summed E-state index contributed by atoms with van der Waals surface area (Å²) in [6.07, 6.45) is 0. The highest BCUT2D eigenvalue weighted by molar-refractivity contribution is 9.11. The lowest BCUT2D eigenvalue weighted by molar-refractivity contribution is 0.0712. The third kappa shape index (κ3) is 3.83. The van der Waals surface area contributed by atoms with Crippen LogP contribution in [0.15, 0.2) is 0 Å². The van der Waals surface area contributed by atoms with E-state index in [1.54, 1.807) is 0 Å². The van der Waals surface area contributed by atoms with Crippen LogP contribution in [0.2, 0.25) is 0 Å². The van der Waals surface area contributed by atoms with Gasteiger partial charge in [-0.3, -0.25) is 0 Å². The summed E-state index contributed by atoms with van der Waals surface area (Å²) in [5.74, 6) is 1.06. The smallest absolute Gasteiger partial charge is 0.373 e. The molecule has 1 rings (SSSR count). The van der Waals surface area contributed by atoms with Gasteiger partial charge in [0.15, 0.2) is 0 Å². The van der Waals surface area contributed by atoms with Gasteiger partial charge in [0.2, 0.25) is 0 Å². The van der Waals surface area contributed by atoms with Crippen LogP contribution in [-0.2, 0) is 13.3 Å². The molecule has 1 fully saturated rings. The quantitative estimate of drug-likeness (QED) is 0.528. The van der Waals surface area contributed by atoms with Gasteiger partial charge in [-0.1, -0.05) is 21.6 Å². The highest BCUT2D eigenvalue weighted by Gasteiger charge is 2.51. The molecule has 0 saturated carbocycles. The van der Waals surface area contributed by atoms with Gasteiger partial charge >= 0.3 is 8.80 Å². The molecule has 7 heteroatoms. The summed E-state index contributed by atoms with van der Waals surface area (Å²) in [4.78, 5) is 0.382. The van der Waals surface area contributed by atoms with E-state index in [9.17, 15) is 0 Å². The van der Waals surface area contributed by atoms with Crippen LogP contribution < -0.4 is 0 Å². The molecule has 0 N–H and O–H groups in total. The Morgan fingerprint density at radius 2 is 1.60 bits per heavy atom. The molecule has 15 heavy (non-hydrogen) atoms. The van der Waals surface area contributed by atoms with Crippen LogP contribution in [0.25, 0.3) is 0 Å². The van der Waals surface area contributed by atoms with E-state index in [1.807, 2.05) is 52.2 Å². The molecule has 0 radical (unpaired) electrons. The highest BCUT2D eigenvalue weighted by Crippen LogP contribution is 2.50. The number of hydrogen-bond acceptors (Lipinski definition) is 6. The van der Waals surface area contributed by atoms with E-state index < -0.39 is 8.80 Å². The lowest BCUT2D eigenvalue weighted by atomic mass is 10.9. The van der Waals surface area contributed by atoms with Crippen molar-refractivity contribution in [3.05, 3.63) is 0 Å². The minimum Gasteiger partial charge on any atom is -0.373 e. The number of hydrogen-bond donors (Lipinski definition) is 0. The van der Waals surface area contributed by atoms with Crippen molar-refractivity contribution < 1.29 is 13.3 Å². The third-order valence-electron chi connectivity index (χ3n) is 1.85. The van der Waals surface area contributed by atoms with Gasteiger partial charge in [-0.15, -0.1) is 0 Å². The van der Waals surface area contributed by atoms with E-state index in [2.05, 4.69) is 0 Å². The maximum absolute atomic E-state index is 5.84. The normalized spacial score (nSPS) is 22.2. The van der Waals surface area contributed by atoms with Gasteiger partial charge < -0.3 is 13.3 Å². The monoisotopic (exact) mass is 286 g/mol. The van der Waals surface area contributed by atoms with Crippen LogP contribution in [0, 0.1) is 0 Å². The van der Waals surface area contributed by atoms with Crippen LogP contribution in [0.4, 0.5) is 0 Å². The summed E-state index contributed by atoms with van der Waals surface area (Å²) in [5.41, 5.74) is 0. The van der Waals surface area contributed by atoms with Crippen LogP contribution in [0.3, 0.4) is 0 Å². The summed E-state index contributed by atoms with van der Waals surface area (Å²) in [6, 6.07) is 0. The van der Waals surface area contributed by atoms with E-state index in [-0.39, 0.29) is 0 Å². The molecule has 0 aromatic carbocycles. The van der Waals surface area contributed by atoms with E-state index in [1.165, 1.54) is 0 Å². The van der Waals surface area contributed by atoms with Gasteiger partial charge in [0, 0.05) is 25.6 Å². The maximum atomic E-state index is 5.84. The molecule has 1 saturated heterocycles. The van der Waals surface area contributed by atoms with E-state index >= 15 is 0 Å². The summed E-state index contributed by atoms with van der Waals surface area (Å²) < 4.78 is 17.5. The Morgan fingerprint density at radius 1 is 1.07 bits per heavy atom. The zero-order chi connectivity index (χ0) is 11.1. The zero-order valence-electron chi connectivity index (χ0n) is 9.36. The van der Waals surface area contributed by atoms with E-state index in [4.69, 9.17) is 13.3 Å². The van der Waals surface area contributed by atoms with Gasteiger partial charge in [-0.25, -0.2) is 0 Å². The summed E-state index contributed by atoms with van der Waals surface area (Å²) in [7, 11) is 3.07. The minimum atomic E-state index is -2.44. The molecule has 1 aliphatic rings. The minimum absolute atomic E-state index is 0.382. The lowest BCUT2D eigenvalue weighted by Gasteiger charge is -2.31. The van der Waals surface area contributed by atoms with Crippen molar-refractivity contribution in [3.63, 3.8) is 0 Å². The first-order chi connectivity index (χ1) is 7.29. The second-order valence-electron chi connectivity index (χ2n) is 2.84. The molecule has 90 valence electrons. The van der Waals surface area contributed by atoms with Gasteiger partial charge in [-0.05, 0) is 30.6 Å². The van der Waals surface area contributed by atoms with Crippen molar-refractivity contribution >= 4 is 40.2 Å². The second kappa shape index (κ2) is 7.47. The SMILES string of the molecule is CCO[Si](OCC)(OCC)C1CSSS1. The van der Waals surface area contributed by atoms with Crippen LogP contribution in [-0.4, -0.2) is 39.3 Å². The summed E-state index contributed by atoms with van der Waals surface area (Å²) in [5, 5.41) is 0. The van der Waals surface area contributed by atoms with Crippen LogP contribution in [0.5, 0.6) is 0 Å². The third-order valence-corrected chi connectivity index (χ3v) is 11.4. The molecule has 0 aromatic heterocycles. The van der Waals surface area contributed by atoms with Gasteiger partial charge in [0.05, 0.1) is 4.87 Å². The van der Waals surface area contributed by atoms with Crippen molar-refractivity contribution in [1.82, 2.24) is 0 Å². The first-order valence-corrected chi connectivity index (χ1v) is 10.7. The fourth-order valence-corrected chi connectivity index (χ4v) is 12.4. The van der Waals surface area contributed by atoms with Gasteiger partial charge in [0.25, 0.3) is 0 Å². The standard InChI is InChI=1S/C8H18O3S3Si/c1-4-9-15(10-5-2,11-6-3)8-7-12-14-13-8/h8H,4-7H2,1-3H3.